The normalized spacial score (nSPS) is 12.8. The van der Waals surface area contributed by atoms with Gasteiger partial charge in [-0.05, 0) is 64.2 Å². The van der Waals surface area contributed by atoms with Gasteiger partial charge in [0.2, 0.25) is 5.91 Å². The summed E-state index contributed by atoms with van der Waals surface area (Å²) in [7, 11) is 0. The van der Waals surface area contributed by atoms with Gasteiger partial charge in [-0.1, -0.05) is 314 Å². The molecule has 0 aromatic rings. The first-order valence-corrected chi connectivity index (χ1v) is 32.8. The van der Waals surface area contributed by atoms with E-state index in [2.05, 4.69) is 43.5 Å². The van der Waals surface area contributed by atoms with E-state index >= 15 is 0 Å². The second-order valence-electron chi connectivity index (χ2n) is 22.5. The minimum absolute atomic E-state index is 0.0103. The molecule has 0 aromatic carbocycles. The van der Waals surface area contributed by atoms with Crippen LogP contribution in [0.4, 0.5) is 0 Å². The molecule has 0 spiro atoms. The summed E-state index contributed by atoms with van der Waals surface area (Å²) in [5, 5.41) is 23.2. The lowest BCUT2D eigenvalue weighted by Crippen LogP contribution is -2.45. The topological polar surface area (TPSA) is 95.9 Å². The van der Waals surface area contributed by atoms with Crippen LogP contribution in [0.5, 0.6) is 0 Å². The molecule has 2 unspecified atom stereocenters. The first kappa shape index (κ1) is 71.1. The van der Waals surface area contributed by atoms with Crippen LogP contribution in [-0.4, -0.2) is 47.4 Å². The highest BCUT2D eigenvalue weighted by Gasteiger charge is 2.18. The Balaban J connectivity index is 3.46. The molecule has 0 saturated carbocycles. The Bertz CT molecular complexity index is 1180. The lowest BCUT2D eigenvalue weighted by Gasteiger charge is -2.20. The fourth-order valence-corrected chi connectivity index (χ4v) is 10.1. The maximum Gasteiger partial charge on any atom is 0.305 e. The van der Waals surface area contributed by atoms with E-state index in [0.29, 0.717) is 19.4 Å². The highest BCUT2D eigenvalue weighted by Crippen LogP contribution is 2.17. The average Bonchev–Trinajstić information content (AvgIpc) is 3.39. The molecule has 0 saturated heterocycles. The highest BCUT2D eigenvalue weighted by atomic mass is 16.5. The quantitative estimate of drug-likeness (QED) is 0.0320. The van der Waals surface area contributed by atoms with Gasteiger partial charge in [-0.2, -0.15) is 0 Å². The molecule has 1 amide bonds. The zero-order chi connectivity index (χ0) is 52.9. The van der Waals surface area contributed by atoms with Crippen molar-refractivity contribution < 1.29 is 24.5 Å². The van der Waals surface area contributed by atoms with Gasteiger partial charge in [0.05, 0.1) is 25.4 Å². The van der Waals surface area contributed by atoms with Crippen molar-refractivity contribution in [3.8, 4) is 0 Å². The third-order valence-electron chi connectivity index (χ3n) is 15.2. The number of amides is 1. The molecule has 0 bridgehead atoms. The number of allylic oxidation sites excluding steroid dienone is 5. The molecule has 6 heteroatoms. The Morgan fingerprint density at radius 1 is 0.384 bits per heavy atom. The van der Waals surface area contributed by atoms with Crippen LogP contribution in [0.15, 0.2) is 36.5 Å². The molecule has 0 fully saturated rings. The molecule has 430 valence electrons. The van der Waals surface area contributed by atoms with Crippen LogP contribution < -0.4 is 5.32 Å². The third kappa shape index (κ3) is 59.2. The van der Waals surface area contributed by atoms with E-state index in [1.165, 1.54) is 283 Å². The first-order valence-electron chi connectivity index (χ1n) is 32.8. The van der Waals surface area contributed by atoms with E-state index in [1.807, 2.05) is 6.08 Å². The van der Waals surface area contributed by atoms with Gasteiger partial charge in [-0.15, -0.1) is 0 Å². The maximum absolute atomic E-state index is 12.5. The molecule has 73 heavy (non-hydrogen) atoms. The van der Waals surface area contributed by atoms with Crippen molar-refractivity contribution >= 4 is 11.9 Å². The largest absolute Gasteiger partial charge is 0.466 e. The van der Waals surface area contributed by atoms with Gasteiger partial charge >= 0.3 is 5.97 Å². The second-order valence-corrected chi connectivity index (χ2v) is 22.5. The van der Waals surface area contributed by atoms with Crippen LogP contribution in [0.3, 0.4) is 0 Å². The van der Waals surface area contributed by atoms with Crippen molar-refractivity contribution in [2.45, 2.75) is 366 Å². The van der Waals surface area contributed by atoms with Gasteiger partial charge < -0.3 is 20.3 Å². The zero-order valence-electron chi connectivity index (χ0n) is 49.1. The molecular weight excluding hydrogens is 899 g/mol. The predicted octanol–water partition coefficient (Wildman–Crippen LogP) is 20.8. The van der Waals surface area contributed by atoms with Crippen LogP contribution in [0.25, 0.3) is 0 Å². The van der Waals surface area contributed by atoms with E-state index in [0.717, 1.165) is 44.9 Å². The number of hydrogen-bond donors (Lipinski definition) is 3. The molecule has 0 aliphatic rings. The summed E-state index contributed by atoms with van der Waals surface area (Å²) in [6.45, 7) is 4.92. The standard InChI is InChI=1S/C67H127NO5/c1-3-5-7-9-11-13-15-17-18-19-29-32-36-39-43-47-51-55-59-65(70)64(63-69)68-66(71)60-56-52-48-44-40-37-33-30-27-25-23-21-20-22-24-26-28-31-34-38-42-46-50-54-58-62-73-67(72)61-57-53-49-45-41-35-16-14-12-10-8-6-4-2/h21-24,55,59,64-65,69-70H,3-20,25-54,56-58,60-63H2,1-2H3,(H,68,71)/b23-21-,24-22-,59-55+. The average molecular weight is 1030 g/mol. The summed E-state index contributed by atoms with van der Waals surface area (Å²) >= 11 is 0. The molecule has 2 atom stereocenters. The molecule has 0 heterocycles. The zero-order valence-corrected chi connectivity index (χ0v) is 49.1. The van der Waals surface area contributed by atoms with Gasteiger partial charge in [-0.25, -0.2) is 0 Å². The van der Waals surface area contributed by atoms with E-state index < -0.39 is 12.1 Å². The van der Waals surface area contributed by atoms with Crippen LogP contribution in [-0.2, 0) is 14.3 Å². The van der Waals surface area contributed by atoms with Crippen LogP contribution in [0, 0.1) is 0 Å². The predicted molar refractivity (Wildman–Crippen MR) is 319 cm³/mol. The minimum Gasteiger partial charge on any atom is -0.466 e. The number of ether oxygens (including phenoxy) is 1. The number of unbranched alkanes of at least 4 members (excludes halogenated alkanes) is 46. The van der Waals surface area contributed by atoms with Crippen LogP contribution in [0.1, 0.15) is 354 Å². The molecule has 0 rings (SSSR count). The molecule has 6 nitrogen and oxygen atoms in total. The molecule has 3 N–H and O–H groups in total. The number of nitrogens with one attached hydrogen (secondary N) is 1. The molecular formula is C67H127NO5. The first-order chi connectivity index (χ1) is 36.0. The van der Waals surface area contributed by atoms with Crippen LogP contribution in [0.2, 0.25) is 0 Å². The van der Waals surface area contributed by atoms with Gasteiger partial charge in [0, 0.05) is 12.8 Å². The maximum atomic E-state index is 12.5. The summed E-state index contributed by atoms with van der Waals surface area (Å²) in [6, 6.07) is -0.633. The van der Waals surface area contributed by atoms with E-state index in [4.69, 9.17) is 4.74 Å². The van der Waals surface area contributed by atoms with E-state index in [1.54, 1.807) is 6.08 Å². The number of esters is 1. The molecule has 0 radical (unpaired) electrons. The fourth-order valence-electron chi connectivity index (χ4n) is 10.1. The number of carbonyl (C=O) groups excluding carboxylic acids is 2. The second kappa shape index (κ2) is 62.6. The Morgan fingerprint density at radius 3 is 1.04 bits per heavy atom. The molecule has 0 aliphatic heterocycles. The minimum atomic E-state index is -0.849. The van der Waals surface area contributed by atoms with Gasteiger partial charge in [0.15, 0.2) is 0 Å². The lowest BCUT2D eigenvalue weighted by molar-refractivity contribution is -0.143. The van der Waals surface area contributed by atoms with Gasteiger partial charge in [-0.3, -0.25) is 9.59 Å². The number of carbonyl (C=O) groups is 2. The summed E-state index contributed by atoms with van der Waals surface area (Å²) in [5.74, 6) is -0.0615. The highest BCUT2D eigenvalue weighted by molar-refractivity contribution is 5.76. The van der Waals surface area contributed by atoms with Crippen molar-refractivity contribution in [2.75, 3.05) is 13.2 Å². The number of aliphatic hydroxyl groups excluding tert-OH is 2. The van der Waals surface area contributed by atoms with Gasteiger partial charge in [0.1, 0.15) is 0 Å². The summed E-state index contributed by atoms with van der Waals surface area (Å²) in [4.78, 5) is 24.5. The Hall–Kier alpha value is -1.92. The number of hydrogen-bond acceptors (Lipinski definition) is 5. The van der Waals surface area contributed by atoms with Crippen molar-refractivity contribution in [1.29, 1.82) is 0 Å². The SMILES string of the molecule is CCCCCCCCCCCCCCCCCC/C=C/C(O)C(CO)NC(=O)CCCCCCCCCCC/C=C\C/C=C\CCCCCCCCCCCOC(=O)CCCCCCCCCCCCCCC. The van der Waals surface area contributed by atoms with Crippen molar-refractivity contribution in [2.24, 2.45) is 0 Å². The fraction of sp³-hybridized carbons (Fsp3) is 0.881. The Kier molecular flexibility index (Phi) is 61.0. The monoisotopic (exact) mass is 1030 g/mol. The molecule has 0 aliphatic carbocycles. The number of rotatable bonds is 61. The smallest absolute Gasteiger partial charge is 0.305 e. The van der Waals surface area contributed by atoms with Crippen molar-refractivity contribution in [3.05, 3.63) is 36.5 Å². The van der Waals surface area contributed by atoms with Gasteiger partial charge in [0.25, 0.3) is 0 Å². The molecule has 0 aromatic heterocycles. The Labute approximate surface area is 455 Å². The number of aliphatic hydroxyl groups is 2. The lowest BCUT2D eigenvalue weighted by atomic mass is 10.0. The van der Waals surface area contributed by atoms with Crippen LogP contribution >= 0.6 is 0 Å². The third-order valence-corrected chi connectivity index (χ3v) is 15.2. The summed E-state index contributed by atoms with van der Waals surface area (Å²) in [6.07, 6.45) is 79.1. The summed E-state index contributed by atoms with van der Waals surface area (Å²) < 4.78 is 5.48. The Morgan fingerprint density at radius 2 is 0.685 bits per heavy atom. The van der Waals surface area contributed by atoms with Crippen molar-refractivity contribution in [3.63, 3.8) is 0 Å². The van der Waals surface area contributed by atoms with Crippen molar-refractivity contribution in [1.82, 2.24) is 5.32 Å². The summed E-state index contributed by atoms with van der Waals surface area (Å²) in [5.41, 5.74) is 0. The van der Waals surface area contributed by atoms with E-state index in [-0.39, 0.29) is 18.5 Å². The van der Waals surface area contributed by atoms with E-state index in [9.17, 15) is 19.8 Å².